The molecule has 0 aromatic heterocycles. The van der Waals surface area contributed by atoms with E-state index in [0.717, 1.165) is 25.4 Å². The average molecular weight is 265 g/mol. The van der Waals surface area contributed by atoms with Crippen molar-refractivity contribution < 1.29 is 4.74 Å². The first-order chi connectivity index (χ1) is 8.97. The van der Waals surface area contributed by atoms with Crippen LogP contribution in [0, 0.1) is 0 Å². The molecule has 2 N–H and O–H groups in total. The van der Waals surface area contributed by atoms with Gasteiger partial charge in [0.25, 0.3) is 0 Å². The van der Waals surface area contributed by atoms with E-state index in [1.807, 2.05) is 12.1 Å². The smallest absolute Gasteiger partial charge is 0.141 e. The second-order valence-corrected chi connectivity index (χ2v) is 5.25. The van der Waals surface area contributed by atoms with Gasteiger partial charge in [-0.15, -0.1) is 0 Å². The topological polar surface area (TPSA) is 41.7 Å². The van der Waals surface area contributed by atoms with E-state index < -0.39 is 0 Å². The molecule has 1 rings (SSSR count). The van der Waals surface area contributed by atoms with Crippen molar-refractivity contribution in [2.75, 3.05) is 40.0 Å². The zero-order valence-corrected chi connectivity index (χ0v) is 12.8. The molecule has 4 heteroatoms. The summed E-state index contributed by atoms with van der Waals surface area (Å²) in [6.07, 6.45) is 0. The lowest BCUT2D eigenvalue weighted by Gasteiger charge is -2.30. The van der Waals surface area contributed by atoms with E-state index in [0.29, 0.717) is 11.7 Å². The summed E-state index contributed by atoms with van der Waals surface area (Å²) in [7, 11) is 5.86. The van der Waals surface area contributed by atoms with Crippen LogP contribution >= 0.6 is 0 Å². The van der Waals surface area contributed by atoms with E-state index in [1.54, 1.807) is 7.11 Å². The molecule has 0 aliphatic rings. The van der Waals surface area contributed by atoms with Crippen LogP contribution < -0.4 is 10.5 Å². The summed E-state index contributed by atoms with van der Waals surface area (Å²) in [5.74, 6) is 0.744. The average Bonchev–Trinajstić information content (AvgIpc) is 2.35. The largest absolute Gasteiger partial charge is 0.495 e. The van der Waals surface area contributed by atoms with Gasteiger partial charge in [0.05, 0.1) is 12.8 Å². The summed E-state index contributed by atoms with van der Waals surface area (Å²) in [5.41, 5.74) is 7.89. The molecule has 0 aliphatic heterocycles. The molecule has 1 aromatic rings. The number of anilines is 1. The summed E-state index contributed by atoms with van der Waals surface area (Å²) in [4.78, 5) is 4.66. The molecule has 0 fully saturated rings. The highest BCUT2D eigenvalue weighted by Gasteiger charge is 2.13. The van der Waals surface area contributed by atoms with E-state index in [-0.39, 0.29) is 0 Å². The maximum atomic E-state index is 5.95. The third-order valence-corrected chi connectivity index (χ3v) is 3.34. The zero-order chi connectivity index (χ0) is 14.4. The molecule has 1 unspecified atom stereocenters. The lowest BCUT2D eigenvalue weighted by atomic mass is 10.1. The number of rotatable bonds is 7. The van der Waals surface area contributed by atoms with Crippen molar-refractivity contribution in [3.8, 4) is 5.75 Å². The van der Waals surface area contributed by atoms with Crippen molar-refractivity contribution >= 4 is 5.69 Å². The molecule has 0 saturated carbocycles. The molecule has 108 valence electrons. The Morgan fingerprint density at radius 3 is 2.47 bits per heavy atom. The Balaban J connectivity index is 2.72. The Labute approximate surface area is 117 Å². The third kappa shape index (κ3) is 4.73. The standard InChI is InChI=1S/C15H27N3O/c1-6-18(12(2)10-17(3)4)11-13-7-8-15(19-5)14(16)9-13/h7-9,12H,6,10-11,16H2,1-5H3. The summed E-state index contributed by atoms with van der Waals surface area (Å²) in [5, 5.41) is 0. The van der Waals surface area contributed by atoms with Crippen molar-refractivity contribution in [1.29, 1.82) is 0 Å². The molecule has 0 amide bonds. The minimum atomic E-state index is 0.517. The maximum absolute atomic E-state index is 5.95. The van der Waals surface area contributed by atoms with E-state index in [2.05, 4.69) is 43.8 Å². The number of nitrogens with two attached hydrogens (primary N) is 1. The van der Waals surface area contributed by atoms with Gasteiger partial charge >= 0.3 is 0 Å². The van der Waals surface area contributed by atoms with E-state index in [4.69, 9.17) is 10.5 Å². The van der Waals surface area contributed by atoms with Crippen LogP contribution in [0.1, 0.15) is 19.4 Å². The highest BCUT2D eigenvalue weighted by molar-refractivity contribution is 5.54. The fourth-order valence-electron chi connectivity index (χ4n) is 2.34. The van der Waals surface area contributed by atoms with Gasteiger partial charge in [-0.3, -0.25) is 4.90 Å². The Morgan fingerprint density at radius 2 is 2.00 bits per heavy atom. The Morgan fingerprint density at radius 1 is 1.32 bits per heavy atom. The predicted octanol–water partition coefficient (Wildman–Crippen LogP) is 2.05. The Hall–Kier alpha value is -1.26. The van der Waals surface area contributed by atoms with Crippen molar-refractivity contribution in [1.82, 2.24) is 9.80 Å². The number of nitrogen functional groups attached to an aromatic ring is 1. The molecule has 19 heavy (non-hydrogen) atoms. The van der Waals surface area contributed by atoms with Crippen LogP contribution in [0.4, 0.5) is 5.69 Å². The molecule has 0 saturated heterocycles. The third-order valence-electron chi connectivity index (χ3n) is 3.34. The predicted molar refractivity (Wildman–Crippen MR) is 81.5 cm³/mol. The molecule has 1 aromatic carbocycles. The van der Waals surface area contributed by atoms with Crippen molar-refractivity contribution in [3.05, 3.63) is 23.8 Å². The fourth-order valence-corrected chi connectivity index (χ4v) is 2.34. The SMILES string of the molecule is CCN(Cc1ccc(OC)c(N)c1)C(C)CN(C)C. The summed E-state index contributed by atoms with van der Waals surface area (Å²) in [6.45, 7) is 7.45. The van der Waals surface area contributed by atoms with Gasteiger partial charge in [0.15, 0.2) is 0 Å². The van der Waals surface area contributed by atoms with Gasteiger partial charge in [-0.1, -0.05) is 13.0 Å². The highest BCUT2D eigenvalue weighted by Crippen LogP contribution is 2.23. The minimum Gasteiger partial charge on any atom is -0.495 e. The number of likely N-dealkylation sites (N-methyl/N-ethyl adjacent to an activating group) is 2. The molecule has 0 heterocycles. The van der Waals surface area contributed by atoms with Crippen molar-refractivity contribution in [2.45, 2.75) is 26.4 Å². The van der Waals surface area contributed by atoms with Crippen LogP contribution in [-0.2, 0) is 6.54 Å². The lowest BCUT2D eigenvalue weighted by molar-refractivity contribution is 0.174. The number of nitrogens with zero attached hydrogens (tertiary/aromatic N) is 2. The molecule has 0 bridgehead atoms. The number of benzene rings is 1. The van der Waals surface area contributed by atoms with E-state index in [9.17, 15) is 0 Å². The fraction of sp³-hybridized carbons (Fsp3) is 0.600. The quantitative estimate of drug-likeness (QED) is 0.766. The number of methoxy groups -OCH3 is 1. The summed E-state index contributed by atoms with van der Waals surface area (Å²) in [6, 6.07) is 6.54. The molecule has 4 nitrogen and oxygen atoms in total. The van der Waals surface area contributed by atoms with Gasteiger partial charge in [0.2, 0.25) is 0 Å². The molecular formula is C15H27N3O. The minimum absolute atomic E-state index is 0.517. The van der Waals surface area contributed by atoms with Crippen LogP contribution in [0.3, 0.4) is 0 Å². The molecule has 0 spiro atoms. The number of ether oxygens (including phenoxy) is 1. The zero-order valence-electron chi connectivity index (χ0n) is 12.8. The van der Waals surface area contributed by atoms with E-state index >= 15 is 0 Å². The second kappa shape index (κ2) is 7.36. The second-order valence-electron chi connectivity index (χ2n) is 5.25. The van der Waals surface area contributed by atoms with Gasteiger partial charge in [0.1, 0.15) is 5.75 Å². The maximum Gasteiger partial charge on any atom is 0.141 e. The first kappa shape index (κ1) is 15.8. The number of hydrogen-bond donors (Lipinski definition) is 1. The van der Waals surface area contributed by atoms with Crippen LogP contribution in [-0.4, -0.2) is 50.1 Å². The lowest BCUT2D eigenvalue weighted by Crippen LogP contribution is -2.39. The molecule has 0 aliphatic carbocycles. The van der Waals surface area contributed by atoms with Gasteiger partial charge in [-0.2, -0.15) is 0 Å². The molecule has 1 atom stereocenters. The van der Waals surface area contributed by atoms with Gasteiger partial charge in [-0.05, 0) is 45.3 Å². The van der Waals surface area contributed by atoms with Crippen LogP contribution in [0.15, 0.2) is 18.2 Å². The first-order valence-electron chi connectivity index (χ1n) is 6.79. The van der Waals surface area contributed by atoms with Crippen molar-refractivity contribution in [2.24, 2.45) is 0 Å². The van der Waals surface area contributed by atoms with Gasteiger partial charge in [-0.25, -0.2) is 0 Å². The summed E-state index contributed by atoms with van der Waals surface area (Å²) >= 11 is 0. The van der Waals surface area contributed by atoms with E-state index in [1.165, 1.54) is 5.56 Å². The molecular weight excluding hydrogens is 238 g/mol. The van der Waals surface area contributed by atoms with Crippen LogP contribution in [0.5, 0.6) is 5.75 Å². The van der Waals surface area contributed by atoms with Crippen molar-refractivity contribution in [3.63, 3.8) is 0 Å². The Kier molecular flexibility index (Phi) is 6.12. The normalized spacial score (nSPS) is 13.0. The van der Waals surface area contributed by atoms with Crippen LogP contribution in [0.2, 0.25) is 0 Å². The van der Waals surface area contributed by atoms with Gasteiger partial charge in [0, 0.05) is 19.1 Å². The highest BCUT2D eigenvalue weighted by atomic mass is 16.5. The first-order valence-corrected chi connectivity index (χ1v) is 6.79. The van der Waals surface area contributed by atoms with Gasteiger partial charge < -0.3 is 15.4 Å². The van der Waals surface area contributed by atoms with Crippen LogP contribution in [0.25, 0.3) is 0 Å². The monoisotopic (exact) mass is 265 g/mol. The molecule has 0 radical (unpaired) electrons. The number of hydrogen-bond acceptors (Lipinski definition) is 4. The summed E-state index contributed by atoms with van der Waals surface area (Å²) < 4.78 is 5.19. The Bertz CT molecular complexity index is 393.